The van der Waals surface area contributed by atoms with E-state index in [9.17, 15) is 4.79 Å². The van der Waals surface area contributed by atoms with Crippen molar-refractivity contribution in [3.8, 4) is 11.5 Å². The van der Waals surface area contributed by atoms with Crippen molar-refractivity contribution >= 4 is 5.78 Å². The van der Waals surface area contributed by atoms with Crippen LogP contribution in [0.1, 0.15) is 38.1 Å². The Hall–Kier alpha value is -1.59. The van der Waals surface area contributed by atoms with Gasteiger partial charge < -0.3 is 18.9 Å². The molecule has 118 valence electrons. The molecule has 0 heterocycles. The van der Waals surface area contributed by atoms with Gasteiger partial charge in [0.1, 0.15) is 0 Å². The fourth-order valence-electron chi connectivity index (χ4n) is 1.84. The minimum Gasteiger partial charge on any atom is -0.490 e. The molecule has 0 N–H and O–H groups in total. The second kappa shape index (κ2) is 9.37. The Morgan fingerprint density at radius 3 is 2.00 bits per heavy atom. The molecule has 0 aliphatic rings. The Bertz CT molecular complexity index is 438. The van der Waals surface area contributed by atoms with Gasteiger partial charge >= 0.3 is 0 Å². The predicted octanol–water partition coefficient (Wildman–Crippen LogP) is 3.07. The second-order valence-corrected chi connectivity index (χ2v) is 4.13. The quantitative estimate of drug-likeness (QED) is 0.490. The number of benzene rings is 1. The third-order valence-electron chi connectivity index (χ3n) is 2.68. The van der Waals surface area contributed by atoms with Crippen LogP contribution < -0.4 is 9.47 Å². The first-order valence-electron chi connectivity index (χ1n) is 7.34. The molecule has 0 spiro atoms. The molecule has 0 aromatic heterocycles. The highest BCUT2D eigenvalue weighted by Crippen LogP contribution is 2.29. The summed E-state index contributed by atoms with van der Waals surface area (Å²) in [6.07, 6.45) is -0.882. The van der Waals surface area contributed by atoms with Gasteiger partial charge in [-0.1, -0.05) is 0 Å². The van der Waals surface area contributed by atoms with Crippen LogP contribution in [0.4, 0.5) is 0 Å². The van der Waals surface area contributed by atoms with E-state index in [0.29, 0.717) is 43.5 Å². The third-order valence-corrected chi connectivity index (χ3v) is 2.68. The molecule has 21 heavy (non-hydrogen) atoms. The van der Waals surface area contributed by atoms with Gasteiger partial charge in [-0.15, -0.1) is 0 Å². The van der Waals surface area contributed by atoms with Crippen LogP contribution in [0.3, 0.4) is 0 Å². The number of Topliss-reactive ketones (excluding diaryl/α,β-unsaturated/α-hetero) is 1. The van der Waals surface area contributed by atoms with Crippen LogP contribution in [0.2, 0.25) is 0 Å². The van der Waals surface area contributed by atoms with E-state index in [1.807, 2.05) is 27.7 Å². The number of carbonyl (C=O) groups is 1. The Kier molecular flexibility index (Phi) is 7.79. The van der Waals surface area contributed by atoms with Crippen LogP contribution in [-0.2, 0) is 9.47 Å². The summed E-state index contributed by atoms with van der Waals surface area (Å²) in [5, 5.41) is 0. The van der Waals surface area contributed by atoms with Crippen LogP contribution in [0.15, 0.2) is 18.2 Å². The summed E-state index contributed by atoms with van der Waals surface area (Å²) < 4.78 is 21.7. The molecule has 0 amide bonds. The molecule has 5 nitrogen and oxygen atoms in total. The summed E-state index contributed by atoms with van der Waals surface area (Å²) >= 11 is 0. The summed E-state index contributed by atoms with van der Waals surface area (Å²) in [6, 6.07) is 5.10. The smallest absolute Gasteiger partial charge is 0.222 e. The van der Waals surface area contributed by atoms with Crippen molar-refractivity contribution in [2.45, 2.75) is 34.0 Å². The van der Waals surface area contributed by atoms with Crippen LogP contribution in [0, 0.1) is 0 Å². The van der Waals surface area contributed by atoms with E-state index in [2.05, 4.69) is 0 Å². The number of ketones is 1. The molecular weight excluding hydrogens is 272 g/mol. The molecule has 0 atom stereocenters. The van der Waals surface area contributed by atoms with E-state index in [0.717, 1.165) is 0 Å². The van der Waals surface area contributed by atoms with Crippen molar-refractivity contribution in [2.24, 2.45) is 0 Å². The molecule has 0 saturated heterocycles. The lowest BCUT2D eigenvalue weighted by atomic mass is 10.1. The van der Waals surface area contributed by atoms with E-state index in [4.69, 9.17) is 18.9 Å². The SMILES string of the molecule is CCOc1ccc(C(=O)C(OCC)OCC)cc1OCC. The monoisotopic (exact) mass is 296 g/mol. The minimum absolute atomic E-state index is 0.220. The van der Waals surface area contributed by atoms with Crippen molar-refractivity contribution in [1.29, 1.82) is 0 Å². The molecule has 0 fully saturated rings. The van der Waals surface area contributed by atoms with Crippen molar-refractivity contribution < 1.29 is 23.7 Å². The fraction of sp³-hybridized carbons (Fsp3) is 0.562. The first-order chi connectivity index (χ1) is 10.2. The molecule has 0 bridgehead atoms. The van der Waals surface area contributed by atoms with Gasteiger partial charge in [0.15, 0.2) is 11.5 Å². The molecule has 0 radical (unpaired) electrons. The van der Waals surface area contributed by atoms with Crippen LogP contribution in [-0.4, -0.2) is 38.5 Å². The van der Waals surface area contributed by atoms with Gasteiger partial charge in [0.2, 0.25) is 12.1 Å². The van der Waals surface area contributed by atoms with Gasteiger partial charge in [-0.2, -0.15) is 0 Å². The van der Waals surface area contributed by atoms with Crippen molar-refractivity contribution in [3.63, 3.8) is 0 Å². The zero-order chi connectivity index (χ0) is 15.7. The summed E-state index contributed by atoms with van der Waals surface area (Å²) in [4.78, 5) is 12.4. The molecule has 5 heteroatoms. The first-order valence-corrected chi connectivity index (χ1v) is 7.34. The molecule has 0 saturated carbocycles. The second-order valence-electron chi connectivity index (χ2n) is 4.13. The molecule has 0 aliphatic heterocycles. The topological polar surface area (TPSA) is 54.0 Å². The van der Waals surface area contributed by atoms with Crippen molar-refractivity contribution in [3.05, 3.63) is 23.8 Å². The largest absolute Gasteiger partial charge is 0.490 e. The Morgan fingerprint density at radius 1 is 0.905 bits per heavy atom. The molecule has 1 aromatic rings. The van der Waals surface area contributed by atoms with Crippen molar-refractivity contribution in [2.75, 3.05) is 26.4 Å². The molecular formula is C16H24O5. The zero-order valence-corrected chi connectivity index (χ0v) is 13.2. The molecule has 0 aliphatic carbocycles. The number of rotatable bonds is 10. The number of ether oxygens (including phenoxy) is 4. The lowest BCUT2D eigenvalue weighted by Gasteiger charge is -2.17. The van der Waals surface area contributed by atoms with Crippen LogP contribution in [0.5, 0.6) is 11.5 Å². The van der Waals surface area contributed by atoms with Crippen molar-refractivity contribution in [1.82, 2.24) is 0 Å². The molecule has 1 aromatic carbocycles. The normalized spacial score (nSPS) is 10.7. The van der Waals surface area contributed by atoms with Crippen LogP contribution >= 0.6 is 0 Å². The maximum absolute atomic E-state index is 12.4. The highest BCUT2D eigenvalue weighted by atomic mass is 16.7. The number of hydrogen-bond donors (Lipinski definition) is 0. The lowest BCUT2D eigenvalue weighted by Crippen LogP contribution is -2.27. The summed E-state index contributed by atoms with van der Waals surface area (Å²) in [7, 11) is 0. The van der Waals surface area contributed by atoms with E-state index >= 15 is 0 Å². The van der Waals surface area contributed by atoms with Gasteiger partial charge in [-0.25, -0.2) is 0 Å². The minimum atomic E-state index is -0.882. The average molecular weight is 296 g/mol. The zero-order valence-electron chi connectivity index (χ0n) is 13.2. The highest BCUT2D eigenvalue weighted by molar-refractivity contribution is 5.99. The van der Waals surface area contributed by atoms with Crippen LogP contribution in [0.25, 0.3) is 0 Å². The summed E-state index contributed by atoms with van der Waals surface area (Å²) in [5.41, 5.74) is 0.480. The summed E-state index contributed by atoms with van der Waals surface area (Å²) in [6.45, 7) is 9.28. The Morgan fingerprint density at radius 2 is 1.48 bits per heavy atom. The average Bonchev–Trinajstić information content (AvgIpc) is 2.48. The lowest BCUT2D eigenvalue weighted by molar-refractivity contribution is -0.107. The fourth-order valence-corrected chi connectivity index (χ4v) is 1.84. The van der Waals surface area contributed by atoms with E-state index < -0.39 is 6.29 Å². The third kappa shape index (κ3) is 5.02. The molecule has 0 unspecified atom stereocenters. The highest BCUT2D eigenvalue weighted by Gasteiger charge is 2.22. The predicted molar refractivity (Wildman–Crippen MR) is 80.2 cm³/mol. The maximum Gasteiger partial charge on any atom is 0.222 e. The molecule has 1 rings (SSSR count). The van der Waals surface area contributed by atoms with Gasteiger partial charge in [-0.3, -0.25) is 4.79 Å². The van der Waals surface area contributed by atoms with Gasteiger partial charge in [-0.05, 0) is 45.9 Å². The standard InChI is InChI=1S/C16H24O5/c1-5-18-13-10-9-12(11-14(13)19-6-2)15(17)16(20-7-3)21-8-4/h9-11,16H,5-8H2,1-4H3. The van der Waals surface area contributed by atoms with Gasteiger partial charge in [0, 0.05) is 18.8 Å². The van der Waals surface area contributed by atoms with Gasteiger partial charge in [0.25, 0.3) is 0 Å². The summed E-state index contributed by atoms with van der Waals surface area (Å²) in [5.74, 6) is 0.958. The van der Waals surface area contributed by atoms with Gasteiger partial charge in [0.05, 0.1) is 13.2 Å². The maximum atomic E-state index is 12.4. The van der Waals surface area contributed by atoms with E-state index in [1.165, 1.54) is 0 Å². The van der Waals surface area contributed by atoms with E-state index in [1.54, 1.807) is 18.2 Å². The Labute approximate surface area is 126 Å². The first kappa shape index (κ1) is 17.5. The Balaban J connectivity index is 3.00. The number of carbonyl (C=O) groups excluding carboxylic acids is 1. The van der Waals surface area contributed by atoms with E-state index in [-0.39, 0.29) is 5.78 Å². The number of hydrogen-bond acceptors (Lipinski definition) is 5.